The van der Waals surface area contributed by atoms with E-state index in [0.717, 1.165) is 11.3 Å². The lowest BCUT2D eigenvalue weighted by molar-refractivity contribution is 0.752. The van der Waals surface area contributed by atoms with E-state index in [0.29, 0.717) is 12.6 Å². The third-order valence-electron chi connectivity index (χ3n) is 2.84. The van der Waals surface area contributed by atoms with E-state index in [1.165, 1.54) is 25.7 Å². The van der Waals surface area contributed by atoms with Gasteiger partial charge in [0.2, 0.25) is 0 Å². The normalized spacial score (nSPS) is 17.2. The maximum atomic E-state index is 5.64. The van der Waals surface area contributed by atoms with Gasteiger partial charge in [0.1, 0.15) is 0 Å². The molecule has 1 aliphatic carbocycles. The number of anilines is 1. The zero-order valence-corrected chi connectivity index (χ0v) is 8.37. The number of hydrogen-bond acceptors (Lipinski definition) is 3. The van der Waals surface area contributed by atoms with Crippen molar-refractivity contribution in [1.82, 2.24) is 4.98 Å². The Hall–Kier alpha value is -1.09. The van der Waals surface area contributed by atoms with E-state index in [2.05, 4.69) is 10.3 Å². The van der Waals surface area contributed by atoms with Crippen LogP contribution in [0.1, 0.15) is 31.2 Å². The zero-order valence-electron chi connectivity index (χ0n) is 8.37. The molecule has 0 amide bonds. The molecular weight excluding hydrogens is 174 g/mol. The topological polar surface area (TPSA) is 50.9 Å². The number of rotatable bonds is 3. The maximum absolute atomic E-state index is 5.64. The van der Waals surface area contributed by atoms with Crippen molar-refractivity contribution in [2.75, 3.05) is 5.32 Å². The van der Waals surface area contributed by atoms with Gasteiger partial charge in [-0.05, 0) is 18.9 Å². The molecule has 2 rings (SSSR count). The van der Waals surface area contributed by atoms with Crippen LogP contribution in [0.25, 0.3) is 0 Å². The average molecular weight is 191 g/mol. The molecule has 1 fully saturated rings. The fourth-order valence-corrected chi connectivity index (χ4v) is 2.02. The summed E-state index contributed by atoms with van der Waals surface area (Å²) in [6.07, 6.45) is 8.92. The summed E-state index contributed by atoms with van der Waals surface area (Å²) >= 11 is 0. The summed E-state index contributed by atoms with van der Waals surface area (Å²) in [5.74, 6) is 0. The Morgan fingerprint density at radius 1 is 1.43 bits per heavy atom. The molecule has 0 radical (unpaired) electrons. The van der Waals surface area contributed by atoms with Crippen LogP contribution in [0, 0.1) is 0 Å². The maximum Gasteiger partial charge on any atom is 0.0418 e. The lowest BCUT2D eigenvalue weighted by Crippen LogP contribution is -2.16. The first-order valence-electron chi connectivity index (χ1n) is 5.29. The predicted octanol–water partition coefficient (Wildman–Crippen LogP) is 1.89. The Bertz CT molecular complexity index is 292. The van der Waals surface area contributed by atoms with Crippen LogP contribution in [-0.4, -0.2) is 11.0 Å². The van der Waals surface area contributed by atoms with Crippen molar-refractivity contribution >= 4 is 5.69 Å². The number of pyridine rings is 1. The van der Waals surface area contributed by atoms with Gasteiger partial charge in [-0.3, -0.25) is 4.98 Å². The third kappa shape index (κ3) is 2.04. The van der Waals surface area contributed by atoms with Crippen LogP contribution in [0.2, 0.25) is 0 Å². The molecule has 3 N–H and O–H groups in total. The molecule has 14 heavy (non-hydrogen) atoms. The summed E-state index contributed by atoms with van der Waals surface area (Å²) in [4.78, 5) is 4.07. The number of nitrogens with zero attached hydrogens (tertiary/aromatic N) is 1. The van der Waals surface area contributed by atoms with Gasteiger partial charge < -0.3 is 11.1 Å². The third-order valence-corrected chi connectivity index (χ3v) is 2.84. The molecule has 0 spiro atoms. The minimum absolute atomic E-state index is 0.558. The molecule has 0 bridgehead atoms. The van der Waals surface area contributed by atoms with Gasteiger partial charge in [-0.25, -0.2) is 0 Å². The first-order chi connectivity index (χ1) is 6.90. The van der Waals surface area contributed by atoms with Crippen molar-refractivity contribution in [2.24, 2.45) is 5.73 Å². The number of nitrogens with two attached hydrogens (primary N) is 1. The van der Waals surface area contributed by atoms with Gasteiger partial charge in [0.05, 0.1) is 0 Å². The first kappa shape index (κ1) is 9.46. The Balaban J connectivity index is 2.07. The zero-order chi connectivity index (χ0) is 9.80. The van der Waals surface area contributed by atoms with Gasteiger partial charge in [-0.2, -0.15) is 0 Å². The van der Waals surface area contributed by atoms with Crippen LogP contribution in [-0.2, 0) is 6.54 Å². The molecule has 3 nitrogen and oxygen atoms in total. The molecular formula is C11H17N3. The van der Waals surface area contributed by atoms with E-state index >= 15 is 0 Å². The molecule has 1 aliphatic rings. The molecule has 0 atom stereocenters. The van der Waals surface area contributed by atoms with E-state index < -0.39 is 0 Å². The van der Waals surface area contributed by atoms with Crippen molar-refractivity contribution in [3.05, 3.63) is 24.0 Å². The summed E-state index contributed by atoms with van der Waals surface area (Å²) in [7, 11) is 0. The summed E-state index contributed by atoms with van der Waals surface area (Å²) < 4.78 is 0. The smallest absolute Gasteiger partial charge is 0.0418 e. The minimum atomic E-state index is 0.558. The summed E-state index contributed by atoms with van der Waals surface area (Å²) in [5.41, 5.74) is 7.92. The molecule has 0 unspecified atom stereocenters. The van der Waals surface area contributed by atoms with Gasteiger partial charge in [-0.1, -0.05) is 12.8 Å². The van der Waals surface area contributed by atoms with Gasteiger partial charge in [0.15, 0.2) is 0 Å². The van der Waals surface area contributed by atoms with Crippen LogP contribution in [0.15, 0.2) is 18.5 Å². The largest absolute Gasteiger partial charge is 0.382 e. The fourth-order valence-electron chi connectivity index (χ4n) is 2.02. The molecule has 76 valence electrons. The molecule has 1 aromatic heterocycles. The van der Waals surface area contributed by atoms with Crippen molar-refractivity contribution in [3.63, 3.8) is 0 Å². The number of hydrogen-bond donors (Lipinski definition) is 2. The van der Waals surface area contributed by atoms with Crippen LogP contribution in [0.4, 0.5) is 5.69 Å². The van der Waals surface area contributed by atoms with Crippen molar-refractivity contribution in [2.45, 2.75) is 38.3 Å². The Labute approximate surface area is 84.7 Å². The fraction of sp³-hybridized carbons (Fsp3) is 0.545. The standard InChI is InChI=1S/C11H17N3/c12-7-9-8-13-6-5-11(9)14-10-3-1-2-4-10/h5-6,8,10H,1-4,7,12H2,(H,13,14). The summed E-state index contributed by atoms with van der Waals surface area (Å²) in [5, 5.41) is 3.54. The monoisotopic (exact) mass is 191 g/mol. The molecule has 1 aromatic rings. The molecule has 1 heterocycles. The lowest BCUT2D eigenvalue weighted by atomic mass is 10.2. The predicted molar refractivity (Wildman–Crippen MR) is 58.0 cm³/mol. The quantitative estimate of drug-likeness (QED) is 0.767. The number of aromatic nitrogens is 1. The van der Waals surface area contributed by atoms with Crippen molar-refractivity contribution in [1.29, 1.82) is 0 Å². The van der Waals surface area contributed by atoms with Gasteiger partial charge in [0, 0.05) is 36.2 Å². The highest BCUT2D eigenvalue weighted by Gasteiger charge is 2.15. The SMILES string of the molecule is NCc1cnccc1NC1CCCC1. The van der Waals surface area contributed by atoms with Gasteiger partial charge in [0.25, 0.3) is 0 Å². The van der Waals surface area contributed by atoms with Crippen molar-refractivity contribution < 1.29 is 0 Å². The Morgan fingerprint density at radius 2 is 2.21 bits per heavy atom. The second kappa shape index (κ2) is 4.42. The summed E-state index contributed by atoms with van der Waals surface area (Å²) in [6.45, 7) is 0.558. The Kier molecular flexibility index (Phi) is 2.99. The lowest BCUT2D eigenvalue weighted by Gasteiger charge is -2.15. The highest BCUT2D eigenvalue weighted by Crippen LogP contribution is 2.23. The molecule has 1 saturated carbocycles. The van der Waals surface area contributed by atoms with Crippen LogP contribution in [0.5, 0.6) is 0 Å². The molecule has 0 aromatic carbocycles. The summed E-state index contributed by atoms with van der Waals surface area (Å²) in [6, 6.07) is 2.66. The second-order valence-corrected chi connectivity index (χ2v) is 3.86. The number of nitrogens with one attached hydrogen (secondary N) is 1. The van der Waals surface area contributed by atoms with E-state index in [1.54, 1.807) is 0 Å². The second-order valence-electron chi connectivity index (χ2n) is 3.86. The van der Waals surface area contributed by atoms with E-state index in [1.807, 2.05) is 18.5 Å². The minimum Gasteiger partial charge on any atom is -0.382 e. The van der Waals surface area contributed by atoms with Crippen LogP contribution < -0.4 is 11.1 Å². The molecule has 0 aliphatic heterocycles. The van der Waals surface area contributed by atoms with Gasteiger partial charge >= 0.3 is 0 Å². The van der Waals surface area contributed by atoms with E-state index in [4.69, 9.17) is 5.73 Å². The molecule has 3 heteroatoms. The van der Waals surface area contributed by atoms with Crippen LogP contribution in [0.3, 0.4) is 0 Å². The van der Waals surface area contributed by atoms with Crippen LogP contribution >= 0.6 is 0 Å². The Morgan fingerprint density at radius 3 is 2.93 bits per heavy atom. The first-order valence-corrected chi connectivity index (χ1v) is 5.29. The highest BCUT2D eigenvalue weighted by molar-refractivity contribution is 5.50. The average Bonchev–Trinajstić information content (AvgIpc) is 2.71. The van der Waals surface area contributed by atoms with E-state index in [9.17, 15) is 0 Å². The highest BCUT2D eigenvalue weighted by atomic mass is 14.9. The van der Waals surface area contributed by atoms with Gasteiger partial charge in [-0.15, -0.1) is 0 Å². The van der Waals surface area contributed by atoms with E-state index in [-0.39, 0.29) is 0 Å². The molecule has 0 saturated heterocycles. The van der Waals surface area contributed by atoms with Crippen molar-refractivity contribution in [3.8, 4) is 0 Å².